The van der Waals surface area contributed by atoms with E-state index in [1.54, 1.807) is 41.2 Å². The lowest BCUT2D eigenvalue weighted by Gasteiger charge is -2.06. The molecule has 7 heteroatoms. The first-order chi connectivity index (χ1) is 13.6. The Kier molecular flexibility index (Phi) is 6.20. The zero-order valence-electron chi connectivity index (χ0n) is 15.1. The summed E-state index contributed by atoms with van der Waals surface area (Å²) in [5.74, 6) is -0.0667. The van der Waals surface area contributed by atoms with Gasteiger partial charge in [0.15, 0.2) is 0 Å². The van der Waals surface area contributed by atoms with Gasteiger partial charge in [-0.05, 0) is 42.5 Å². The number of carbonyl (C=O) groups is 2. The molecule has 28 heavy (non-hydrogen) atoms. The summed E-state index contributed by atoms with van der Waals surface area (Å²) < 4.78 is 7.13. The Morgan fingerprint density at radius 3 is 2.57 bits per heavy atom. The summed E-state index contributed by atoms with van der Waals surface area (Å²) in [5.41, 5.74) is 7.46. The van der Waals surface area contributed by atoms with E-state index in [1.807, 2.05) is 36.5 Å². The molecule has 0 saturated heterocycles. The molecule has 0 unspecified atom stereocenters. The standard InChI is InChI=1S/C21H20N4O3/c22-20(26)12-13-28-19-9-7-17(8-10-19)24-21(27)11-6-16-14-23-25(15-16)18-4-2-1-3-5-18/h1-11,14-15H,12-13H2,(H2,22,26)(H,24,27)/b11-6+. The van der Waals surface area contributed by atoms with Crippen LogP contribution in [0.3, 0.4) is 0 Å². The Morgan fingerprint density at radius 2 is 1.86 bits per heavy atom. The number of nitrogens with one attached hydrogen (secondary N) is 1. The van der Waals surface area contributed by atoms with Crippen molar-refractivity contribution in [1.29, 1.82) is 0 Å². The number of hydrogen-bond acceptors (Lipinski definition) is 4. The monoisotopic (exact) mass is 376 g/mol. The van der Waals surface area contributed by atoms with Crippen molar-refractivity contribution >= 4 is 23.6 Å². The minimum Gasteiger partial charge on any atom is -0.493 e. The molecule has 0 aliphatic carbocycles. The topological polar surface area (TPSA) is 99.2 Å². The van der Waals surface area contributed by atoms with Gasteiger partial charge in [0.05, 0.1) is 24.9 Å². The van der Waals surface area contributed by atoms with Crippen LogP contribution in [-0.4, -0.2) is 28.2 Å². The highest BCUT2D eigenvalue weighted by atomic mass is 16.5. The van der Waals surface area contributed by atoms with Gasteiger partial charge in [-0.1, -0.05) is 18.2 Å². The second-order valence-corrected chi connectivity index (χ2v) is 5.97. The molecule has 0 radical (unpaired) electrons. The Bertz CT molecular complexity index is 963. The number of carbonyl (C=O) groups excluding carboxylic acids is 2. The SMILES string of the molecule is NC(=O)CCOc1ccc(NC(=O)/C=C/c2cnn(-c3ccccc3)c2)cc1. The number of hydrogen-bond donors (Lipinski definition) is 2. The molecule has 0 aliphatic heterocycles. The summed E-state index contributed by atoms with van der Waals surface area (Å²) in [4.78, 5) is 22.8. The van der Waals surface area contributed by atoms with Crippen molar-refractivity contribution in [3.05, 3.63) is 78.6 Å². The van der Waals surface area contributed by atoms with E-state index in [2.05, 4.69) is 10.4 Å². The molecule has 3 N–H and O–H groups in total. The van der Waals surface area contributed by atoms with Gasteiger partial charge in [-0.25, -0.2) is 4.68 Å². The number of rotatable bonds is 8. The first kappa shape index (κ1) is 18.9. The molecule has 0 aliphatic rings. The third kappa shape index (κ3) is 5.57. The fourth-order valence-corrected chi connectivity index (χ4v) is 2.40. The van der Waals surface area contributed by atoms with E-state index in [0.717, 1.165) is 11.3 Å². The van der Waals surface area contributed by atoms with Crippen molar-refractivity contribution in [2.75, 3.05) is 11.9 Å². The highest BCUT2D eigenvalue weighted by molar-refractivity contribution is 6.01. The molecule has 0 spiro atoms. The summed E-state index contributed by atoms with van der Waals surface area (Å²) in [6.45, 7) is 0.223. The Balaban J connectivity index is 1.52. The minimum atomic E-state index is -0.412. The molecule has 142 valence electrons. The van der Waals surface area contributed by atoms with Crippen LogP contribution in [0.25, 0.3) is 11.8 Å². The van der Waals surface area contributed by atoms with Crippen LogP contribution in [0.2, 0.25) is 0 Å². The van der Waals surface area contributed by atoms with E-state index in [9.17, 15) is 9.59 Å². The summed E-state index contributed by atoms with van der Waals surface area (Å²) in [6.07, 6.45) is 6.84. The molecule has 0 bridgehead atoms. The van der Waals surface area contributed by atoms with Crippen molar-refractivity contribution in [1.82, 2.24) is 9.78 Å². The van der Waals surface area contributed by atoms with Crippen molar-refractivity contribution in [2.24, 2.45) is 5.73 Å². The largest absolute Gasteiger partial charge is 0.493 e. The lowest BCUT2D eigenvalue weighted by atomic mass is 10.3. The fraction of sp³-hybridized carbons (Fsp3) is 0.0952. The predicted molar refractivity (Wildman–Crippen MR) is 107 cm³/mol. The second kappa shape index (κ2) is 9.18. The lowest BCUT2D eigenvalue weighted by molar-refractivity contribution is -0.118. The van der Waals surface area contributed by atoms with Gasteiger partial charge in [0.2, 0.25) is 11.8 Å². The molecule has 1 aromatic heterocycles. The van der Waals surface area contributed by atoms with E-state index in [0.29, 0.717) is 11.4 Å². The average Bonchev–Trinajstić information content (AvgIpc) is 3.17. The van der Waals surface area contributed by atoms with Crippen molar-refractivity contribution in [3.63, 3.8) is 0 Å². The Labute approximate surface area is 162 Å². The first-order valence-corrected chi connectivity index (χ1v) is 8.70. The second-order valence-electron chi connectivity index (χ2n) is 5.97. The van der Waals surface area contributed by atoms with Gasteiger partial charge in [0, 0.05) is 23.5 Å². The Morgan fingerprint density at radius 1 is 1.11 bits per heavy atom. The van der Waals surface area contributed by atoms with Gasteiger partial charge in [-0.3, -0.25) is 9.59 Å². The number of para-hydroxylation sites is 1. The zero-order valence-corrected chi connectivity index (χ0v) is 15.1. The van der Waals surface area contributed by atoms with Crippen LogP contribution in [0, 0.1) is 0 Å². The van der Waals surface area contributed by atoms with Gasteiger partial charge in [-0.15, -0.1) is 0 Å². The molecule has 7 nitrogen and oxygen atoms in total. The highest BCUT2D eigenvalue weighted by Gasteiger charge is 2.02. The van der Waals surface area contributed by atoms with Gasteiger partial charge in [0.1, 0.15) is 5.75 Å². The number of amides is 2. The first-order valence-electron chi connectivity index (χ1n) is 8.70. The number of anilines is 1. The van der Waals surface area contributed by atoms with Crippen LogP contribution in [0.15, 0.2) is 73.1 Å². The van der Waals surface area contributed by atoms with E-state index < -0.39 is 5.91 Å². The molecule has 1 heterocycles. The lowest BCUT2D eigenvalue weighted by Crippen LogP contribution is -2.14. The van der Waals surface area contributed by atoms with Gasteiger partial charge in [0.25, 0.3) is 0 Å². The van der Waals surface area contributed by atoms with Crippen LogP contribution < -0.4 is 15.8 Å². The van der Waals surface area contributed by atoms with Crippen molar-refractivity contribution in [3.8, 4) is 11.4 Å². The maximum atomic E-state index is 12.1. The summed E-state index contributed by atoms with van der Waals surface area (Å²) in [5, 5.41) is 7.05. The fourth-order valence-electron chi connectivity index (χ4n) is 2.40. The smallest absolute Gasteiger partial charge is 0.248 e. The number of nitrogens with two attached hydrogens (primary N) is 1. The van der Waals surface area contributed by atoms with Crippen LogP contribution in [-0.2, 0) is 9.59 Å². The summed E-state index contributed by atoms with van der Waals surface area (Å²) >= 11 is 0. The maximum Gasteiger partial charge on any atom is 0.248 e. The van der Waals surface area contributed by atoms with E-state index in [-0.39, 0.29) is 18.9 Å². The summed E-state index contributed by atoms with van der Waals surface area (Å²) in [6, 6.07) is 16.6. The van der Waals surface area contributed by atoms with Gasteiger partial charge in [-0.2, -0.15) is 5.10 Å². The number of nitrogens with zero attached hydrogens (tertiary/aromatic N) is 2. The molecule has 3 aromatic rings. The van der Waals surface area contributed by atoms with Crippen molar-refractivity contribution in [2.45, 2.75) is 6.42 Å². The van der Waals surface area contributed by atoms with E-state index in [1.165, 1.54) is 6.08 Å². The number of ether oxygens (including phenoxy) is 1. The molecule has 2 aromatic carbocycles. The van der Waals surface area contributed by atoms with E-state index in [4.69, 9.17) is 10.5 Å². The predicted octanol–water partition coefficient (Wildman–Crippen LogP) is 2.78. The third-order valence-electron chi connectivity index (χ3n) is 3.79. The van der Waals surface area contributed by atoms with Crippen LogP contribution in [0.5, 0.6) is 5.75 Å². The molecule has 0 atom stereocenters. The normalized spacial score (nSPS) is 10.7. The quantitative estimate of drug-likeness (QED) is 0.591. The summed E-state index contributed by atoms with van der Waals surface area (Å²) in [7, 11) is 0. The molecule has 0 fully saturated rings. The average molecular weight is 376 g/mol. The minimum absolute atomic E-state index is 0.157. The molecule has 2 amide bonds. The highest BCUT2D eigenvalue weighted by Crippen LogP contribution is 2.16. The van der Waals surface area contributed by atoms with Crippen LogP contribution in [0.4, 0.5) is 5.69 Å². The van der Waals surface area contributed by atoms with Gasteiger partial charge >= 0.3 is 0 Å². The molecular weight excluding hydrogens is 356 g/mol. The van der Waals surface area contributed by atoms with Crippen LogP contribution >= 0.6 is 0 Å². The van der Waals surface area contributed by atoms with Crippen molar-refractivity contribution < 1.29 is 14.3 Å². The molecular formula is C21H20N4O3. The molecule has 3 rings (SSSR count). The maximum absolute atomic E-state index is 12.1. The molecule has 0 saturated carbocycles. The Hall–Kier alpha value is -3.87. The number of benzene rings is 2. The van der Waals surface area contributed by atoms with E-state index >= 15 is 0 Å². The number of aromatic nitrogens is 2. The zero-order chi connectivity index (χ0) is 19.8. The van der Waals surface area contributed by atoms with Crippen LogP contribution in [0.1, 0.15) is 12.0 Å². The van der Waals surface area contributed by atoms with Gasteiger partial charge < -0.3 is 15.8 Å². The third-order valence-corrected chi connectivity index (χ3v) is 3.79. The number of primary amides is 1.